The number of benzene rings is 1. The predicted octanol–water partition coefficient (Wildman–Crippen LogP) is 3.49. The second-order valence-corrected chi connectivity index (χ2v) is 7.00. The standard InChI is InChI=1S/C21H19N3O3S/c1-2-27-20(25)14-24-13-16(18-7-3-4-8-19(18)24)10-15(11-22)21(26)23-12-17-6-5-9-28-17/h3-10,13H,2,12,14H2,1H3,(H,23,26)/b15-10+. The minimum absolute atomic E-state index is 0.00981. The molecule has 1 aromatic carbocycles. The zero-order valence-corrected chi connectivity index (χ0v) is 16.2. The van der Waals surface area contributed by atoms with E-state index in [-0.39, 0.29) is 18.1 Å². The summed E-state index contributed by atoms with van der Waals surface area (Å²) in [5.41, 5.74) is 1.54. The summed E-state index contributed by atoms with van der Waals surface area (Å²) >= 11 is 1.54. The highest BCUT2D eigenvalue weighted by molar-refractivity contribution is 7.09. The van der Waals surface area contributed by atoms with Gasteiger partial charge in [0.15, 0.2) is 0 Å². The van der Waals surface area contributed by atoms with Crippen molar-refractivity contribution in [3.63, 3.8) is 0 Å². The fraction of sp³-hybridized carbons (Fsp3) is 0.190. The molecule has 0 fully saturated rings. The average molecular weight is 393 g/mol. The van der Waals surface area contributed by atoms with Gasteiger partial charge in [-0.25, -0.2) is 0 Å². The molecule has 28 heavy (non-hydrogen) atoms. The van der Waals surface area contributed by atoms with Gasteiger partial charge in [0, 0.05) is 27.5 Å². The summed E-state index contributed by atoms with van der Waals surface area (Å²) in [5, 5.41) is 15.0. The average Bonchev–Trinajstić information content (AvgIpc) is 3.33. The molecular formula is C21H19N3O3S. The number of carbonyl (C=O) groups excluding carboxylic acids is 2. The Bertz CT molecular complexity index is 1060. The van der Waals surface area contributed by atoms with Crippen LogP contribution in [0.25, 0.3) is 17.0 Å². The number of nitrogens with zero attached hydrogens (tertiary/aromatic N) is 2. The molecule has 0 saturated heterocycles. The smallest absolute Gasteiger partial charge is 0.325 e. The van der Waals surface area contributed by atoms with E-state index < -0.39 is 5.91 Å². The van der Waals surface area contributed by atoms with E-state index in [9.17, 15) is 14.9 Å². The van der Waals surface area contributed by atoms with Gasteiger partial charge in [0.2, 0.25) is 0 Å². The number of carbonyl (C=O) groups is 2. The van der Waals surface area contributed by atoms with Crippen LogP contribution in [-0.2, 0) is 27.4 Å². The van der Waals surface area contributed by atoms with Crippen LogP contribution in [0.1, 0.15) is 17.4 Å². The molecule has 0 aliphatic carbocycles. The molecule has 3 rings (SSSR count). The molecule has 142 valence electrons. The van der Waals surface area contributed by atoms with Crippen LogP contribution < -0.4 is 5.32 Å². The zero-order chi connectivity index (χ0) is 19.9. The molecule has 3 aromatic rings. The Kier molecular flexibility index (Phi) is 6.25. The van der Waals surface area contributed by atoms with E-state index in [4.69, 9.17) is 4.74 Å². The molecule has 0 unspecified atom stereocenters. The highest BCUT2D eigenvalue weighted by Gasteiger charge is 2.14. The molecule has 2 heterocycles. The minimum Gasteiger partial charge on any atom is -0.465 e. The molecule has 0 saturated carbocycles. The number of amides is 1. The van der Waals surface area contributed by atoms with Crippen LogP contribution in [0.4, 0.5) is 0 Å². The fourth-order valence-corrected chi connectivity index (χ4v) is 3.49. The molecule has 0 atom stereocenters. The number of rotatable bonds is 7. The number of nitriles is 1. The van der Waals surface area contributed by atoms with Crippen molar-refractivity contribution in [3.05, 3.63) is 64.0 Å². The second kappa shape index (κ2) is 9.02. The predicted molar refractivity (Wildman–Crippen MR) is 108 cm³/mol. The van der Waals surface area contributed by atoms with E-state index in [2.05, 4.69) is 5.32 Å². The molecule has 0 spiro atoms. The van der Waals surface area contributed by atoms with Crippen LogP contribution in [0.2, 0.25) is 0 Å². The lowest BCUT2D eigenvalue weighted by Crippen LogP contribution is -2.23. The zero-order valence-electron chi connectivity index (χ0n) is 15.3. The number of nitrogens with one attached hydrogen (secondary N) is 1. The first kappa shape index (κ1) is 19.4. The highest BCUT2D eigenvalue weighted by atomic mass is 32.1. The Balaban J connectivity index is 1.87. The maximum Gasteiger partial charge on any atom is 0.325 e. The molecular weight excluding hydrogens is 374 g/mol. The van der Waals surface area contributed by atoms with Crippen molar-refractivity contribution in [2.75, 3.05) is 6.61 Å². The van der Waals surface area contributed by atoms with Gasteiger partial charge in [-0.15, -0.1) is 11.3 Å². The van der Waals surface area contributed by atoms with Gasteiger partial charge in [0.25, 0.3) is 5.91 Å². The van der Waals surface area contributed by atoms with Gasteiger partial charge in [0.05, 0.1) is 13.2 Å². The third kappa shape index (κ3) is 4.48. The maximum absolute atomic E-state index is 12.4. The quantitative estimate of drug-likeness (QED) is 0.378. The number of esters is 1. The summed E-state index contributed by atoms with van der Waals surface area (Å²) in [5.74, 6) is -0.772. The van der Waals surface area contributed by atoms with Crippen molar-refractivity contribution >= 4 is 40.2 Å². The maximum atomic E-state index is 12.4. The van der Waals surface area contributed by atoms with Crippen LogP contribution in [0, 0.1) is 11.3 Å². The number of para-hydroxylation sites is 1. The lowest BCUT2D eigenvalue weighted by atomic mass is 10.1. The molecule has 0 radical (unpaired) electrons. The van der Waals surface area contributed by atoms with Gasteiger partial charge >= 0.3 is 5.97 Å². The molecule has 6 nitrogen and oxygen atoms in total. The molecule has 7 heteroatoms. The summed E-state index contributed by atoms with van der Waals surface area (Å²) in [6, 6.07) is 13.3. The number of ether oxygens (including phenoxy) is 1. The fourth-order valence-electron chi connectivity index (χ4n) is 2.85. The van der Waals surface area contributed by atoms with E-state index >= 15 is 0 Å². The number of hydrogen-bond donors (Lipinski definition) is 1. The normalized spacial score (nSPS) is 11.2. The van der Waals surface area contributed by atoms with Crippen molar-refractivity contribution in [1.82, 2.24) is 9.88 Å². The van der Waals surface area contributed by atoms with Gasteiger partial charge in [-0.05, 0) is 30.5 Å². The number of aromatic nitrogens is 1. The SMILES string of the molecule is CCOC(=O)Cn1cc(/C=C(\C#N)C(=O)NCc2cccs2)c2ccccc21. The first-order valence-electron chi connectivity index (χ1n) is 8.78. The van der Waals surface area contributed by atoms with E-state index in [1.54, 1.807) is 23.8 Å². The van der Waals surface area contributed by atoms with Gasteiger partial charge in [0.1, 0.15) is 18.2 Å². The van der Waals surface area contributed by atoms with E-state index in [0.29, 0.717) is 18.7 Å². The van der Waals surface area contributed by atoms with Crippen molar-refractivity contribution in [2.45, 2.75) is 20.0 Å². The van der Waals surface area contributed by atoms with Gasteiger partial charge < -0.3 is 14.6 Å². The Hall–Kier alpha value is -3.37. The largest absolute Gasteiger partial charge is 0.465 e. The first-order valence-corrected chi connectivity index (χ1v) is 9.66. The molecule has 0 aliphatic rings. The molecule has 1 N–H and O–H groups in total. The first-order chi connectivity index (χ1) is 13.6. The second-order valence-electron chi connectivity index (χ2n) is 5.97. The highest BCUT2D eigenvalue weighted by Crippen LogP contribution is 2.24. The topological polar surface area (TPSA) is 84.1 Å². The Morgan fingerprint density at radius 1 is 1.29 bits per heavy atom. The Labute approximate surface area is 166 Å². The number of hydrogen-bond acceptors (Lipinski definition) is 5. The van der Waals surface area contributed by atoms with Crippen LogP contribution in [0.5, 0.6) is 0 Å². The van der Waals surface area contributed by atoms with E-state index in [1.807, 2.05) is 47.8 Å². The third-order valence-electron chi connectivity index (χ3n) is 4.09. The third-order valence-corrected chi connectivity index (χ3v) is 4.97. The van der Waals surface area contributed by atoms with Crippen LogP contribution in [-0.4, -0.2) is 23.1 Å². The summed E-state index contributed by atoms with van der Waals surface area (Å²) in [4.78, 5) is 25.3. The Morgan fingerprint density at radius 3 is 2.82 bits per heavy atom. The molecule has 0 bridgehead atoms. The van der Waals surface area contributed by atoms with Crippen molar-refractivity contribution in [2.24, 2.45) is 0 Å². The molecule has 2 aromatic heterocycles. The van der Waals surface area contributed by atoms with Crippen molar-refractivity contribution < 1.29 is 14.3 Å². The van der Waals surface area contributed by atoms with Crippen LogP contribution in [0.3, 0.4) is 0 Å². The number of thiophene rings is 1. The molecule has 1 amide bonds. The number of fused-ring (bicyclic) bond motifs is 1. The summed E-state index contributed by atoms with van der Waals surface area (Å²) < 4.78 is 6.78. The monoisotopic (exact) mass is 393 g/mol. The summed E-state index contributed by atoms with van der Waals surface area (Å²) in [7, 11) is 0. The van der Waals surface area contributed by atoms with Crippen LogP contribution >= 0.6 is 11.3 Å². The van der Waals surface area contributed by atoms with Crippen molar-refractivity contribution in [1.29, 1.82) is 5.26 Å². The van der Waals surface area contributed by atoms with Gasteiger partial charge in [-0.2, -0.15) is 5.26 Å². The lowest BCUT2D eigenvalue weighted by molar-refractivity contribution is -0.143. The van der Waals surface area contributed by atoms with Crippen molar-refractivity contribution in [3.8, 4) is 6.07 Å². The summed E-state index contributed by atoms with van der Waals surface area (Å²) in [6.07, 6.45) is 3.30. The minimum atomic E-state index is -0.432. The van der Waals surface area contributed by atoms with Gasteiger partial charge in [-0.1, -0.05) is 24.3 Å². The van der Waals surface area contributed by atoms with E-state index in [0.717, 1.165) is 15.8 Å². The lowest BCUT2D eigenvalue weighted by Gasteiger charge is -2.04. The Morgan fingerprint density at radius 2 is 2.11 bits per heavy atom. The van der Waals surface area contributed by atoms with Gasteiger partial charge in [-0.3, -0.25) is 9.59 Å². The van der Waals surface area contributed by atoms with E-state index in [1.165, 1.54) is 11.3 Å². The summed E-state index contributed by atoms with van der Waals surface area (Å²) in [6.45, 7) is 2.51. The van der Waals surface area contributed by atoms with Crippen LogP contribution in [0.15, 0.2) is 53.5 Å². The molecule has 0 aliphatic heterocycles.